The molecular formula is C12H15BrO2. The van der Waals surface area contributed by atoms with Gasteiger partial charge < -0.3 is 4.42 Å². The number of Topliss-reactive ketones (excluding diaryl/α,β-unsaturated/α-hetero) is 1. The fourth-order valence-corrected chi connectivity index (χ4v) is 1.29. The van der Waals surface area contributed by atoms with Gasteiger partial charge in [-0.05, 0) is 41.1 Å². The van der Waals surface area contributed by atoms with E-state index in [1.807, 2.05) is 12.1 Å². The molecule has 0 fully saturated rings. The zero-order valence-corrected chi connectivity index (χ0v) is 11.0. The molecule has 0 amide bonds. The van der Waals surface area contributed by atoms with Gasteiger partial charge in [-0.2, -0.15) is 0 Å². The van der Waals surface area contributed by atoms with Crippen LogP contribution < -0.4 is 0 Å². The zero-order valence-electron chi connectivity index (χ0n) is 9.43. The third kappa shape index (κ3) is 3.34. The molecule has 1 aromatic heterocycles. The number of allylic oxidation sites excluding steroid dienone is 1. The van der Waals surface area contributed by atoms with E-state index in [4.69, 9.17) is 4.42 Å². The third-order valence-corrected chi connectivity index (χ3v) is 2.76. The second-order valence-electron chi connectivity index (χ2n) is 4.50. The number of furan rings is 1. The van der Waals surface area contributed by atoms with E-state index in [9.17, 15) is 4.79 Å². The normalized spacial score (nSPS) is 13.0. The van der Waals surface area contributed by atoms with Crippen LogP contribution in [0.2, 0.25) is 0 Å². The van der Waals surface area contributed by atoms with Crippen LogP contribution >= 0.6 is 15.9 Å². The first kappa shape index (κ1) is 12.2. The van der Waals surface area contributed by atoms with Crippen LogP contribution in [-0.4, -0.2) is 5.78 Å². The van der Waals surface area contributed by atoms with E-state index < -0.39 is 0 Å². The Hall–Kier alpha value is -0.830. The summed E-state index contributed by atoms with van der Waals surface area (Å²) in [4.78, 5) is 11.0. The first-order valence-electron chi connectivity index (χ1n) is 4.79. The number of carbonyl (C=O) groups excluding carboxylic acids is 1. The minimum atomic E-state index is -0.0105. The first-order chi connectivity index (χ1) is 6.80. The molecule has 0 spiro atoms. The number of rotatable bonds is 2. The van der Waals surface area contributed by atoms with Gasteiger partial charge in [-0.1, -0.05) is 20.8 Å². The van der Waals surface area contributed by atoms with E-state index in [2.05, 4.69) is 36.7 Å². The van der Waals surface area contributed by atoms with Crippen molar-refractivity contribution in [2.24, 2.45) is 0 Å². The SMILES string of the molecule is CC(=O)/C(Br)=C/c1ccc(C(C)(C)C)o1. The van der Waals surface area contributed by atoms with Crippen molar-refractivity contribution in [3.05, 3.63) is 28.1 Å². The van der Waals surface area contributed by atoms with E-state index in [-0.39, 0.29) is 11.2 Å². The average Bonchev–Trinajstić information content (AvgIpc) is 2.51. The number of hydrogen-bond donors (Lipinski definition) is 0. The Morgan fingerprint density at radius 3 is 2.40 bits per heavy atom. The summed E-state index contributed by atoms with van der Waals surface area (Å²) in [5.41, 5.74) is -0.00517. The maximum absolute atomic E-state index is 11.0. The van der Waals surface area contributed by atoms with Crippen molar-refractivity contribution in [3.8, 4) is 0 Å². The molecule has 82 valence electrons. The fourth-order valence-electron chi connectivity index (χ4n) is 1.06. The quantitative estimate of drug-likeness (QED) is 0.763. The van der Waals surface area contributed by atoms with E-state index >= 15 is 0 Å². The fraction of sp³-hybridized carbons (Fsp3) is 0.417. The van der Waals surface area contributed by atoms with Crippen molar-refractivity contribution in [2.45, 2.75) is 33.1 Å². The van der Waals surface area contributed by atoms with Crippen LogP contribution in [0.3, 0.4) is 0 Å². The molecule has 0 atom stereocenters. The van der Waals surface area contributed by atoms with Crippen molar-refractivity contribution in [1.29, 1.82) is 0 Å². The molecule has 0 aliphatic heterocycles. The van der Waals surface area contributed by atoms with Crippen molar-refractivity contribution in [3.63, 3.8) is 0 Å². The molecule has 0 unspecified atom stereocenters. The standard InChI is InChI=1S/C12H15BrO2/c1-8(14)10(13)7-9-5-6-11(15-9)12(2,3)4/h5-7H,1-4H3/b10-7-. The highest BCUT2D eigenvalue weighted by Crippen LogP contribution is 2.25. The third-order valence-electron chi connectivity index (χ3n) is 1.97. The molecule has 15 heavy (non-hydrogen) atoms. The number of halogens is 1. The summed E-state index contributed by atoms with van der Waals surface area (Å²) in [6, 6.07) is 3.80. The minimum Gasteiger partial charge on any atom is -0.461 e. The largest absolute Gasteiger partial charge is 0.461 e. The zero-order chi connectivity index (χ0) is 11.6. The smallest absolute Gasteiger partial charge is 0.166 e. The number of hydrogen-bond acceptors (Lipinski definition) is 2. The van der Waals surface area contributed by atoms with E-state index in [1.54, 1.807) is 6.08 Å². The Kier molecular flexibility index (Phi) is 3.55. The Labute approximate surface area is 98.5 Å². The molecule has 0 saturated carbocycles. The molecule has 3 heteroatoms. The van der Waals surface area contributed by atoms with E-state index in [0.29, 0.717) is 10.2 Å². The van der Waals surface area contributed by atoms with Gasteiger partial charge >= 0.3 is 0 Å². The maximum Gasteiger partial charge on any atom is 0.166 e. The van der Waals surface area contributed by atoms with Gasteiger partial charge in [0.05, 0.1) is 4.48 Å². The summed E-state index contributed by atoms with van der Waals surface area (Å²) in [6.45, 7) is 7.76. The van der Waals surface area contributed by atoms with Gasteiger partial charge in [0, 0.05) is 5.41 Å². The molecule has 0 aliphatic rings. The predicted octanol–water partition coefficient (Wildman–Crippen LogP) is 3.90. The topological polar surface area (TPSA) is 30.2 Å². The molecule has 0 N–H and O–H groups in total. The molecule has 0 saturated heterocycles. The number of ketones is 1. The van der Waals surface area contributed by atoms with Gasteiger partial charge in [0.25, 0.3) is 0 Å². The highest BCUT2D eigenvalue weighted by molar-refractivity contribution is 9.12. The van der Waals surface area contributed by atoms with Gasteiger partial charge in [-0.15, -0.1) is 0 Å². The molecule has 1 aromatic rings. The summed E-state index contributed by atoms with van der Waals surface area (Å²) in [5, 5.41) is 0. The maximum atomic E-state index is 11.0. The van der Waals surface area contributed by atoms with Crippen molar-refractivity contribution in [1.82, 2.24) is 0 Å². The van der Waals surface area contributed by atoms with Crippen LogP contribution in [0.1, 0.15) is 39.2 Å². The predicted molar refractivity (Wildman–Crippen MR) is 65.0 cm³/mol. The second-order valence-corrected chi connectivity index (χ2v) is 5.35. The highest BCUT2D eigenvalue weighted by Gasteiger charge is 2.17. The van der Waals surface area contributed by atoms with Gasteiger partial charge in [-0.3, -0.25) is 4.79 Å². The van der Waals surface area contributed by atoms with E-state index in [0.717, 1.165) is 5.76 Å². The van der Waals surface area contributed by atoms with Crippen LogP contribution in [0.5, 0.6) is 0 Å². The molecule has 2 nitrogen and oxygen atoms in total. The summed E-state index contributed by atoms with van der Waals surface area (Å²) in [5.74, 6) is 1.60. The van der Waals surface area contributed by atoms with Crippen LogP contribution in [0.15, 0.2) is 21.0 Å². The van der Waals surface area contributed by atoms with Gasteiger partial charge in [0.2, 0.25) is 0 Å². The van der Waals surface area contributed by atoms with Crippen LogP contribution in [0, 0.1) is 0 Å². The molecule has 1 rings (SSSR count). The first-order valence-corrected chi connectivity index (χ1v) is 5.58. The molecule has 0 bridgehead atoms. The summed E-state index contributed by atoms with van der Waals surface area (Å²) in [7, 11) is 0. The lowest BCUT2D eigenvalue weighted by molar-refractivity contribution is -0.112. The molecule has 1 heterocycles. The molecule has 0 aliphatic carbocycles. The Bertz CT molecular complexity index is 394. The lowest BCUT2D eigenvalue weighted by Crippen LogP contribution is -2.08. The van der Waals surface area contributed by atoms with Crippen LogP contribution in [-0.2, 0) is 10.2 Å². The van der Waals surface area contributed by atoms with Crippen molar-refractivity contribution >= 4 is 27.8 Å². The van der Waals surface area contributed by atoms with Crippen LogP contribution in [0.4, 0.5) is 0 Å². The van der Waals surface area contributed by atoms with Crippen molar-refractivity contribution < 1.29 is 9.21 Å². The Morgan fingerprint density at radius 2 is 2.00 bits per heavy atom. The Morgan fingerprint density at radius 1 is 1.40 bits per heavy atom. The lowest BCUT2D eigenvalue weighted by atomic mass is 9.94. The van der Waals surface area contributed by atoms with E-state index in [1.165, 1.54) is 6.92 Å². The minimum absolute atomic E-state index is 0.00517. The number of carbonyl (C=O) groups is 1. The molecule has 0 radical (unpaired) electrons. The average molecular weight is 271 g/mol. The monoisotopic (exact) mass is 270 g/mol. The Balaban J connectivity index is 2.96. The highest BCUT2D eigenvalue weighted by atomic mass is 79.9. The molecule has 0 aromatic carbocycles. The van der Waals surface area contributed by atoms with Crippen LogP contribution in [0.25, 0.3) is 6.08 Å². The summed E-state index contributed by atoms with van der Waals surface area (Å²) in [6.07, 6.45) is 1.69. The second kappa shape index (κ2) is 4.35. The molecular weight excluding hydrogens is 256 g/mol. The lowest BCUT2D eigenvalue weighted by Gasteiger charge is -2.13. The van der Waals surface area contributed by atoms with Gasteiger partial charge in [0.1, 0.15) is 11.5 Å². The summed E-state index contributed by atoms with van der Waals surface area (Å²) >= 11 is 3.19. The van der Waals surface area contributed by atoms with Gasteiger partial charge in [-0.25, -0.2) is 0 Å². The summed E-state index contributed by atoms with van der Waals surface area (Å²) < 4.78 is 6.14. The van der Waals surface area contributed by atoms with Crippen molar-refractivity contribution in [2.75, 3.05) is 0 Å². The van der Waals surface area contributed by atoms with Gasteiger partial charge in [0.15, 0.2) is 5.78 Å².